The normalized spacial score (nSPS) is 11.3. The zero-order chi connectivity index (χ0) is 20.1. The molecule has 2 heterocycles. The molecule has 152 valence electrons. The summed E-state index contributed by atoms with van der Waals surface area (Å²) in [5.41, 5.74) is -0.223. The van der Waals surface area contributed by atoms with Crippen LogP contribution in [-0.2, 0) is 18.6 Å². The Hall–Kier alpha value is 2.57. The van der Waals surface area contributed by atoms with Gasteiger partial charge in [-0.25, -0.2) is 9.97 Å². The molecule has 0 unspecified atom stereocenters. The van der Waals surface area contributed by atoms with Gasteiger partial charge < -0.3 is 47.7 Å². The number of nitrogens with zero attached hydrogens (tertiary/aromatic N) is 3. The van der Waals surface area contributed by atoms with Crippen molar-refractivity contribution in [1.82, 2.24) is 19.5 Å². The van der Waals surface area contributed by atoms with Gasteiger partial charge in [0.05, 0.1) is 45.1 Å². The van der Waals surface area contributed by atoms with Crippen LogP contribution in [-0.4, -0.2) is 58.3 Å². The maximum absolute atomic E-state index is 11.7. The minimum absolute atomic E-state index is 0. The zero-order valence-electron chi connectivity index (χ0n) is 17.9. The first-order valence-corrected chi connectivity index (χ1v) is 11.1. The molecule has 1 N–H and O–H groups in total. The van der Waals surface area contributed by atoms with Crippen molar-refractivity contribution >= 4 is 26.4 Å². The van der Waals surface area contributed by atoms with Crippen molar-refractivity contribution in [3.05, 3.63) is 23.0 Å². The van der Waals surface area contributed by atoms with Gasteiger partial charge >= 0.3 is 118 Å². The Balaban J connectivity index is -0.00000196. The second kappa shape index (κ2) is 17.9. The largest absolute Gasteiger partial charge is 1.00 e. The second-order valence-corrected chi connectivity index (χ2v) is 8.87. The predicted octanol–water partition coefficient (Wildman–Crippen LogP) is -15.5. The SMILES string of the molecule is O=c1[nH]cnc2c1ncn2C(COCCP(=O)([O-])[O-])COCCP(=O)([O-])[O-].[Na+].[Na+].[Na+].[Na+]. The van der Waals surface area contributed by atoms with Crippen LogP contribution < -0.4 is 143 Å². The third kappa shape index (κ3) is 14.7. The Kier molecular flexibility index (Phi) is 22.0. The van der Waals surface area contributed by atoms with Crippen molar-refractivity contribution in [3.8, 4) is 0 Å². The molecule has 0 fully saturated rings. The molecule has 0 aliphatic rings. The van der Waals surface area contributed by atoms with Crippen LogP contribution in [0.4, 0.5) is 0 Å². The average molecular weight is 514 g/mol. The maximum atomic E-state index is 11.7. The van der Waals surface area contributed by atoms with E-state index >= 15 is 0 Å². The van der Waals surface area contributed by atoms with Gasteiger partial charge in [0.2, 0.25) is 0 Å². The molecule has 0 bridgehead atoms. The summed E-state index contributed by atoms with van der Waals surface area (Å²) >= 11 is 0. The van der Waals surface area contributed by atoms with Crippen molar-refractivity contribution in [2.75, 3.05) is 38.8 Å². The van der Waals surface area contributed by atoms with E-state index in [0.29, 0.717) is 0 Å². The van der Waals surface area contributed by atoms with Gasteiger partial charge in [-0.1, -0.05) is 15.2 Å². The molecule has 0 aromatic carbocycles. The van der Waals surface area contributed by atoms with Crippen molar-refractivity contribution in [2.24, 2.45) is 0 Å². The molecule has 0 saturated carbocycles. The van der Waals surface area contributed by atoms with Gasteiger partial charge in [0, 0.05) is 0 Å². The summed E-state index contributed by atoms with van der Waals surface area (Å²) in [4.78, 5) is 64.6. The Morgan fingerprint density at radius 3 is 1.87 bits per heavy atom. The monoisotopic (exact) mass is 514 g/mol. The first kappa shape index (κ1) is 38.1. The van der Waals surface area contributed by atoms with Crippen LogP contribution in [0.25, 0.3) is 11.2 Å². The molecule has 0 radical (unpaired) electrons. The van der Waals surface area contributed by atoms with Gasteiger partial charge in [-0.15, -0.1) is 0 Å². The number of rotatable bonds is 11. The minimum atomic E-state index is -4.71. The summed E-state index contributed by atoms with van der Waals surface area (Å²) in [6, 6.07) is -0.667. The van der Waals surface area contributed by atoms with E-state index in [2.05, 4.69) is 15.0 Å². The van der Waals surface area contributed by atoms with Crippen LogP contribution in [0, 0.1) is 0 Å². The number of hydrogen-bond donors (Lipinski definition) is 1. The van der Waals surface area contributed by atoms with Crippen molar-refractivity contribution in [3.63, 3.8) is 0 Å². The van der Waals surface area contributed by atoms with Crippen LogP contribution in [0.1, 0.15) is 6.04 Å². The number of nitrogens with one attached hydrogen (secondary N) is 1. The summed E-state index contributed by atoms with van der Waals surface area (Å²) in [6.07, 6.45) is 1.07. The van der Waals surface area contributed by atoms with Gasteiger partial charge in [0.1, 0.15) is 0 Å². The molecule has 2 aromatic heterocycles. The van der Waals surface area contributed by atoms with Gasteiger partial charge in [-0.2, -0.15) is 0 Å². The predicted molar refractivity (Wildman–Crippen MR) is 83.8 cm³/mol. The van der Waals surface area contributed by atoms with E-state index in [9.17, 15) is 33.5 Å². The molecule has 2 aromatic rings. The summed E-state index contributed by atoms with van der Waals surface area (Å²) in [7, 11) is -9.42. The van der Waals surface area contributed by atoms with E-state index in [0.717, 1.165) is 6.33 Å². The number of fused-ring (bicyclic) bond motifs is 1. The summed E-state index contributed by atoms with van der Waals surface area (Å²) < 4.78 is 33.1. The van der Waals surface area contributed by atoms with E-state index in [1.165, 1.54) is 10.9 Å². The second-order valence-electron chi connectivity index (χ2n) is 5.53. The number of ether oxygens (including phenoxy) is 2. The van der Waals surface area contributed by atoms with Crippen molar-refractivity contribution in [2.45, 2.75) is 6.04 Å². The fraction of sp³-hybridized carbons (Fsp3) is 0.583. The number of H-pyrrole nitrogens is 1. The van der Waals surface area contributed by atoms with Crippen molar-refractivity contribution < 1.29 is 156 Å². The van der Waals surface area contributed by atoms with Gasteiger partial charge in [-0.05, 0) is 12.3 Å². The van der Waals surface area contributed by atoms with E-state index in [-0.39, 0.29) is 156 Å². The third-order valence-corrected chi connectivity index (χ3v) is 4.86. The Labute approximate surface area is 266 Å². The number of aromatic nitrogens is 4. The average Bonchev–Trinajstić information content (AvgIpc) is 2.97. The fourth-order valence-electron chi connectivity index (χ4n) is 2.13. The summed E-state index contributed by atoms with van der Waals surface area (Å²) in [5, 5.41) is 0. The van der Waals surface area contributed by atoms with Crippen LogP contribution in [0.2, 0.25) is 0 Å². The molecule has 0 spiro atoms. The van der Waals surface area contributed by atoms with E-state index in [1.54, 1.807) is 0 Å². The van der Waals surface area contributed by atoms with E-state index in [4.69, 9.17) is 9.47 Å². The topological polar surface area (TPSA) is 208 Å². The Bertz CT molecular complexity index is 889. The first-order chi connectivity index (χ1) is 12.6. The molecule has 0 amide bonds. The minimum Gasteiger partial charge on any atom is -0.811 e. The first-order valence-electron chi connectivity index (χ1n) is 7.65. The standard InChI is InChI=1S/C12H20N4O9P2.4Na/c17-12-10-11(13-7-14-12)16(8-15-10)9(5-24-1-3-26(18,19)20)6-25-2-4-27(21,22)23;;;;/h7-9H,1-6H2,(H,13,14,17)(H2,18,19,20)(H2,21,22,23);;;;/q;4*+1/p-4. The van der Waals surface area contributed by atoms with Gasteiger partial charge in [0.15, 0.2) is 11.2 Å². The number of hydrogen-bond acceptors (Lipinski definition) is 11. The molecule has 2 rings (SSSR count). The molecule has 0 atom stereocenters. The van der Waals surface area contributed by atoms with Gasteiger partial charge in [0.25, 0.3) is 5.56 Å². The molecule has 0 aliphatic carbocycles. The van der Waals surface area contributed by atoms with Crippen molar-refractivity contribution in [1.29, 1.82) is 0 Å². The molecule has 13 nitrogen and oxygen atoms in total. The number of aromatic amines is 1. The summed E-state index contributed by atoms with van der Waals surface area (Å²) in [6.45, 7) is -0.964. The quantitative estimate of drug-likeness (QED) is 0.169. The maximum Gasteiger partial charge on any atom is 1.00 e. The number of imidazole rings is 1. The molecular formula is C12H16N4Na4O9P2. The Morgan fingerprint density at radius 2 is 1.42 bits per heavy atom. The van der Waals surface area contributed by atoms with E-state index < -0.39 is 39.1 Å². The van der Waals surface area contributed by atoms with Crippen LogP contribution in [0.3, 0.4) is 0 Å². The molecule has 0 aliphatic heterocycles. The molecule has 0 saturated heterocycles. The smallest absolute Gasteiger partial charge is 0.811 e. The third-order valence-electron chi connectivity index (χ3n) is 3.40. The summed E-state index contributed by atoms with van der Waals surface area (Å²) in [5.74, 6) is 0. The Morgan fingerprint density at radius 1 is 0.935 bits per heavy atom. The van der Waals surface area contributed by atoms with Gasteiger partial charge in [-0.3, -0.25) is 4.79 Å². The van der Waals surface area contributed by atoms with Crippen LogP contribution in [0.5, 0.6) is 0 Å². The zero-order valence-corrected chi connectivity index (χ0v) is 27.7. The fourth-order valence-corrected chi connectivity index (χ4v) is 2.84. The van der Waals surface area contributed by atoms with Crippen LogP contribution in [0.15, 0.2) is 17.4 Å². The van der Waals surface area contributed by atoms with E-state index in [1.807, 2.05) is 0 Å². The molecule has 19 heteroatoms. The molecule has 31 heavy (non-hydrogen) atoms. The van der Waals surface area contributed by atoms with Crippen LogP contribution >= 0.6 is 15.2 Å². The molecular weight excluding hydrogens is 498 g/mol.